The fraction of sp³-hybridized carbons (Fsp3) is 0.143. The Balaban J connectivity index is 1.63. The minimum absolute atomic E-state index is 0.103. The zero-order chi connectivity index (χ0) is 23.5. The Kier molecular flexibility index (Phi) is 6.46. The van der Waals surface area contributed by atoms with E-state index in [9.17, 15) is 22.0 Å². The minimum Gasteiger partial charge on any atom is -0.206 e. The van der Waals surface area contributed by atoms with Crippen LogP contribution in [0.2, 0.25) is 0 Å². The normalized spacial score (nSPS) is 10.8. The van der Waals surface area contributed by atoms with Crippen LogP contribution < -0.4 is 0 Å². The largest absolute Gasteiger partial charge is 0.206 e. The van der Waals surface area contributed by atoms with Gasteiger partial charge in [-0.05, 0) is 65.8 Å². The number of rotatable bonds is 4. The summed E-state index contributed by atoms with van der Waals surface area (Å²) < 4.78 is 70.7. The highest BCUT2D eigenvalue weighted by atomic mass is 19.2. The first-order valence-corrected chi connectivity index (χ1v) is 10.5. The van der Waals surface area contributed by atoms with Gasteiger partial charge in [0.1, 0.15) is 17.5 Å². The third kappa shape index (κ3) is 4.75. The SMILES string of the molecule is CCCCc1cc(F)c(C#Cc2ccc(-c3ccc4c(F)c(F)ccc4c3)c(F)c2)c(F)c1. The van der Waals surface area contributed by atoms with Crippen LogP contribution in [0.1, 0.15) is 36.5 Å². The lowest BCUT2D eigenvalue weighted by atomic mass is 9.99. The van der Waals surface area contributed by atoms with E-state index in [4.69, 9.17) is 0 Å². The molecule has 0 unspecified atom stereocenters. The van der Waals surface area contributed by atoms with Crippen molar-refractivity contribution in [2.24, 2.45) is 0 Å². The number of unbranched alkanes of at least 4 members (excludes halogenated alkanes) is 1. The molecule has 0 spiro atoms. The molecule has 0 radical (unpaired) electrons. The lowest BCUT2D eigenvalue weighted by Crippen LogP contribution is -1.95. The smallest absolute Gasteiger partial charge is 0.166 e. The van der Waals surface area contributed by atoms with Gasteiger partial charge in [-0.1, -0.05) is 49.5 Å². The third-order valence-electron chi connectivity index (χ3n) is 5.44. The van der Waals surface area contributed by atoms with E-state index in [1.54, 1.807) is 6.07 Å². The van der Waals surface area contributed by atoms with Crippen LogP contribution in [-0.2, 0) is 6.42 Å². The van der Waals surface area contributed by atoms with Crippen molar-refractivity contribution >= 4 is 10.8 Å². The summed E-state index contributed by atoms with van der Waals surface area (Å²) in [6.45, 7) is 2.00. The van der Waals surface area contributed by atoms with E-state index in [1.807, 2.05) is 6.92 Å². The number of aryl methyl sites for hydroxylation is 1. The van der Waals surface area contributed by atoms with Crippen molar-refractivity contribution in [3.05, 3.63) is 106 Å². The molecule has 0 aliphatic rings. The van der Waals surface area contributed by atoms with Crippen LogP contribution in [0.3, 0.4) is 0 Å². The van der Waals surface area contributed by atoms with E-state index in [0.717, 1.165) is 18.9 Å². The van der Waals surface area contributed by atoms with Crippen molar-refractivity contribution in [2.75, 3.05) is 0 Å². The molecule has 5 heteroatoms. The molecule has 0 aliphatic carbocycles. The van der Waals surface area contributed by atoms with Crippen LogP contribution >= 0.6 is 0 Å². The number of hydrogen-bond acceptors (Lipinski definition) is 0. The summed E-state index contributed by atoms with van der Waals surface area (Å²) in [6, 6.07) is 13.6. The van der Waals surface area contributed by atoms with Crippen LogP contribution in [0.5, 0.6) is 0 Å². The molecule has 0 bridgehead atoms. The van der Waals surface area contributed by atoms with Gasteiger partial charge in [0.2, 0.25) is 0 Å². The molecule has 0 atom stereocenters. The number of hydrogen-bond donors (Lipinski definition) is 0. The van der Waals surface area contributed by atoms with Crippen molar-refractivity contribution in [2.45, 2.75) is 26.2 Å². The number of fused-ring (bicyclic) bond motifs is 1. The second-order valence-electron chi connectivity index (χ2n) is 7.78. The Morgan fingerprint density at radius 1 is 0.697 bits per heavy atom. The number of benzene rings is 4. The van der Waals surface area contributed by atoms with Gasteiger partial charge in [-0.3, -0.25) is 0 Å². The zero-order valence-electron chi connectivity index (χ0n) is 17.8. The Morgan fingerprint density at radius 2 is 1.45 bits per heavy atom. The molecule has 0 amide bonds. The standard InChI is InChI=1S/C28H19F5/c1-2-3-4-18-14-26(31)23(27(32)15-18)10-6-17-5-9-21(25(30)13-17)19-7-11-22-20(16-19)8-12-24(29)28(22)33/h5,7-9,11-16H,2-4H2,1H3. The van der Waals surface area contributed by atoms with Gasteiger partial charge >= 0.3 is 0 Å². The van der Waals surface area contributed by atoms with Crippen LogP contribution in [0, 0.1) is 40.9 Å². The van der Waals surface area contributed by atoms with Crippen molar-refractivity contribution in [3.63, 3.8) is 0 Å². The van der Waals surface area contributed by atoms with Crippen LogP contribution in [0.4, 0.5) is 22.0 Å². The highest BCUT2D eigenvalue weighted by Gasteiger charge is 2.12. The molecule has 0 nitrogen and oxygen atoms in total. The molecule has 4 rings (SSSR count). The molecular weight excluding hydrogens is 431 g/mol. The molecule has 0 saturated carbocycles. The van der Waals surface area contributed by atoms with Crippen molar-refractivity contribution in [3.8, 4) is 23.0 Å². The highest BCUT2D eigenvalue weighted by Crippen LogP contribution is 2.29. The summed E-state index contributed by atoms with van der Waals surface area (Å²) in [6.07, 6.45) is 2.33. The number of halogens is 5. The molecule has 0 aliphatic heterocycles. The maximum Gasteiger partial charge on any atom is 0.166 e. The van der Waals surface area contributed by atoms with Gasteiger partial charge in [0.25, 0.3) is 0 Å². The van der Waals surface area contributed by atoms with Crippen molar-refractivity contribution < 1.29 is 22.0 Å². The lowest BCUT2D eigenvalue weighted by Gasteiger charge is -2.07. The van der Waals surface area contributed by atoms with E-state index in [0.29, 0.717) is 22.9 Å². The average Bonchev–Trinajstić information content (AvgIpc) is 2.79. The highest BCUT2D eigenvalue weighted by molar-refractivity contribution is 5.88. The lowest BCUT2D eigenvalue weighted by molar-refractivity contribution is 0.517. The van der Waals surface area contributed by atoms with Gasteiger partial charge < -0.3 is 0 Å². The molecule has 33 heavy (non-hydrogen) atoms. The van der Waals surface area contributed by atoms with Crippen LogP contribution in [0.15, 0.2) is 60.7 Å². The second-order valence-corrected chi connectivity index (χ2v) is 7.78. The van der Waals surface area contributed by atoms with Gasteiger partial charge in [0.15, 0.2) is 11.6 Å². The molecule has 166 valence electrons. The molecule has 0 saturated heterocycles. The van der Waals surface area contributed by atoms with Crippen molar-refractivity contribution in [1.82, 2.24) is 0 Å². The van der Waals surface area contributed by atoms with Gasteiger partial charge in [-0.2, -0.15) is 0 Å². The summed E-state index contributed by atoms with van der Waals surface area (Å²) in [4.78, 5) is 0. The molecule has 4 aromatic carbocycles. The fourth-order valence-electron chi connectivity index (χ4n) is 3.66. The molecular formula is C28H19F5. The monoisotopic (exact) mass is 450 g/mol. The maximum absolute atomic E-state index is 14.8. The first-order chi connectivity index (χ1) is 15.9. The average molecular weight is 450 g/mol. The molecule has 4 aromatic rings. The van der Waals surface area contributed by atoms with Gasteiger partial charge in [0.05, 0.1) is 5.56 Å². The Hall–Kier alpha value is -3.65. The van der Waals surface area contributed by atoms with Crippen LogP contribution in [0.25, 0.3) is 21.9 Å². The molecule has 0 fully saturated rings. The summed E-state index contributed by atoms with van der Waals surface area (Å²) >= 11 is 0. The summed E-state index contributed by atoms with van der Waals surface area (Å²) in [7, 11) is 0. The van der Waals surface area contributed by atoms with E-state index >= 15 is 0 Å². The zero-order valence-corrected chi connectivity index (χ0v) is 17.8. The van der Waals surface area contributed by atoms with Crippen LogP contribution in [-0.4, -0.2) is 0 Å². The second kappa shape index (κ2) is 9.46. The van der Waals surface area contributed by atoms with Gasteiger partial charge in [-0.25, -0.2) is 22.0 Å². The summed E-state index contributed by atoms with van der Waals surface area (Å²) in [5, 5.41) is 0.536. The first kappa shape index (κ1) is 22.5. The minimum atomic E-state index is -0.956. The quantitative estimate of drug-likeness (QED) is 0.219. The van der Waals surface area contributed by atoms with Gasteiger partial charge in [-0.15, -0.1) is 0 Å². The molecule has 0 heterocycles. The third-order valence-corrected chi connectivity index (χ3v) is 5.44. The molecule has 0 N–H and O–H groups in total. The van der Waals surface area contributed by atoms with E-state index in [1.165, 1.54) is 48.5 Å². The van der Waals surface area contributed by atoms with E-state index in [-0.39, 0.29) is 22.1 Å². The summed E-state index contributed by atoms with van der Waals surface area (Å²) in [5.41, 5.74) is 1.18. The summed E-state index contributed by atoms with van der Waals surface area (Å²) in [5.74, 6) is 1.07. The van der Waals surface area contributed by atoms with Crippen molar-refractivity contribution in [1.29, 1.82) is 0 Å². The van der Waals surface area contributed by atoms with E-state index in [2.05, 4.69) is 11.8 Å². The molecule has 0 aromatic heterocycles. The van der Waals surface area contributed by atoms with Gasteiger partial charge in [0, 0.05) is 16.5 Å². The predicted molar refractivity (Wildman–Crippen MR) is 120 cm³/mol. The Morgan fingerprint density at radius 3 is 2.15 bits per heavy atom. The topological polar surface area (TPSA) is 0 Å². The van der Waals surface area contributed by atoms with E-state index < -0.39 is 29.1 Å². The fourth-order valence-corrected chi connectivity index (χ4v) is 3.66. The predicted octanol–water partition coefficient (Wildman–Crippen LogP) is 7.94. The Labute approximate surface area is 188 Å². The Bertz CT molecular complexity index is 1390. The maximum atomic E-state index is 14.8. The first-order valence-electron chi connectivity index (χ1n) is 10.5.